The highest BCUT2D eigenvalue weighted by atomic mass is 16.7. The van der Waals surface area contributed by atoms with E-state index in [0.29, 0.717) is 33.9 Å². The third kappa shape index (κ3) is 4.65. The number of methoxy groups -OCH3 is 2. The molecular formula is C24H18N2O8. The van der Waals surface area contributed by atoms with Crippen molar-refractivity contribution in [2.45, 2.75) is 0 Å². The van der Waals surface area contributed by atoms with E-state index in [2.05, 4.69) is 5.32 Å². The van der Waals surface area contributed by atoms with Gasteiger partial charge in [0, 0.05) is 29.3 Å². The van der Waals surface area contributed by atoms with Crippen LogP contribution in [0.15, 0.2) is 60.7 Å². The number of carbonyl (C=O) groups excluding carboxylic acids is 2. The number of carbonyl (C=O) groups is 2. The number of nitrogens with zero attached hydrogens (tertiary/aromatic N) is 1. The molecule has 4 rings (SSSR count). The number of fused-ring (bicyclic) bond motifs is 1. The summed E-state index contributed by atoms with van der Waals surface area (Å²) in [7, 11) is 3.03. The molecule has 1 N–H and O–H groups in total. The van der Waals surface area contributed by atoms with Crippen LogP contribution in [0.3, 0.4) is 0 Å². The lowest BCUT2D eigenvalue weighted by atomic mass is 10.0. The largest absolute Gasteiger partial charge is 0.519 e. The molecule has 0 saturated carbocycles. The van der Waals surface area contributed by atoms with Gasteiger partial charge in [0.25, 0.3) is 11.6 Å². The van der Waals surface area contributed by atoms with Crippen molar-refractivity contribution in [3.05, 3.63) is 81.9 Å². The Morgan fingerprint density at radius 1 is 0.912 bits per heavy atom. The zero-order valence-corrected chi connectivity index (χ0v) is 18.1. The van der Waals surface area contributed by atoms with E-state index in [1.54, 1.807) is 42.5 Å². The summed E-state index contributed by atoms with van der Waals surface area (Å²) < 4.78 is 20.7. The first-order valence-electron chi connectivity index (χ1n) is 9.91. The number of nitro groups is 1. The fourth-order valence-corrected chi connectivity index (χ4v) is 3.31. The number of anilines is 1. The summed E-state index contributed by atoms with van der Waals surface area (Å²) in [5.74, 6) is 1.06. The Morgan fingerprint density at radius 2 is 1.47 bits per heavy atom. The van der Waals surface area contributed by atoms with Gasteiger partial charge in [-0.1, -0.05) is 12.1 Å². The summed E-state index contributed by atoms with van der Waals surface area (Å²) in [6, 6.07) is 14.9. The van der Waals surface area contributed by atoms with Gasteiger partial charge in [-0.25, -0.2) is 4.79 Å². The van der Waals surface area contributed by atoms with Crippen LogP contribution in [0.1, 0.15) is 11.1 Å². The topological polar surface area (TPSA) is 126 Å². The maximum atomic E-state index is 12.5. The third-order valence-electron chi connectivity index (χ3n) is 4.95. The van der Waals surface area contributed by atoms with Crippen LogP contribution in [0.25, 0.3) is 11.6 Å². The van der Waals surface area contributed by atoms with Crippen molar-refractivity contribution in [1.29, 1.82) is 0 Å². The van der Waals surface area contributed by atoms with E-state index in [9.17, 15) is 19.7 Å². The molecule has 0 fully saturated rings. The molecule has 0 spiro atoms. The van der Waals surface area contributed by atoms with Crippen LogP contribution >= 0.6 is 0 Å². The number of amides is 1. The summed E-state index contributed by atoms with van der Waals surface area (Å²) in [6.07, 6.45) is 0.705. The molecule has 3 aromatic carbocycles. The first kappa shape index (κ1) is 22.3. The summed E-state index contributed by atoms with van der Waals surface area (Å²) >= 11 is 0. The van der Waals surface area contributed by atoms with Crippen molar-refractivity contribution < 1.29 is 33.5 Å². The molecule has 0 bridgehead atoms. The van der Waals surface area contributed by atoms with E-state index in [-0.39, 0.29) is 23.1 Å². The van der Waals surface area contributed by atoms with E-state index in [0.717, 1.165) is 0 Å². The van der Waals surface area contributed by atoms with Crippen molar-refractivity contribution in [1.82, 2.24) is 0 Å². The van der Waals surface area contributed by atoms with E-state index in [4.69, 9.17) is 18.9 Å². The minimum absolute atomic E-state index is 0.106. The number of ether oxygens (including phenoxy) is 4. The van der Waals surface area contributed by atoms with Crippen molar-refractivity contribution in [2.75, 3.05) is 19.5 Å². The van der Waals surface area contributed by atoms with Crippen molar-refractivity contribution in [3.8, 4) is 23.0 Å². The number of nitro benzene ring substituents is 1. The molecule has 0 aliphatic carbocycles. The molecule has 0 atom stereocenters. The molecule has 34 heavy (non-hydrogen) atoms. The summed E-state index contributed by atoms with van der Waals surface area (Å²) in [5.41, 5.74) is 2.31. The Hall–Kier alpha value is -4.86. The Bertz CT molecular complexity index is 1300. The van der Waals surface area contributed by atoms with Gasteiger partial charge in [-0.2, -0.15) is 0 Å². The molecule has 172 valence electrons. The van der Waals surface area contributed by atoms with Crippen LogP contribution in [0, 0.1) is 10.1 Å². The molecule has 1 aliphatic rings. The van der Waals surface area contributed by atoms with E-state index < -0.39 is 11.1 Å². The van der Waals surface area contributed by atoms with E-state index >= 15 is 0 Å². The minimum atomic E-state index is -0.995. The van der Waals surface area contributed by atoms with Gasteiger partial charge >= 0.3 is 6.16 Å². The summed E-state index contributed by atoms with van der Waals surface area (Å²) in [4.78, 5) is 34.6. The van der Waals surface area contributed by atoms with Crippen LogP contribution in [-0.2, 0) is 4.79 Å². The number of non-ortho nitro benzene ring substituents is 1. The van der Waals surface area contributed by atoms with Gasteiger partial charge in [0.2, 0.25) is 0 Å². The summed E-state index contributed by atoms with van der Waals surface area (Å²) in [6.45, 7) is 0. The maximum Gasteiger partial charge on any atom is 0.519 e. The van der Waals surface area contributed by atoms with Gasteiger partial charge in [0.15, 0.2) is 11.5 Å². The lowest BCUT2D eigenvalue weighted by molar-refractivity contribution is -0.384. The Balaban J connectivity index is 1.46. The van der Waals surface area contributed by atoms with Crippen LogP contribution in [0.2, 0.25) is 0 Å². The monoisotopic (exact) mass is 462 g/mol. The highest BCUT2D eigenvalue weighted by molar-refractivity contribution is 6.35. The van der Waals surface area contributed by atoms with E-state index in [1.165, 1.54) is 38.5 Å². The second-order valence-electron chi connectivity index (χ2n) is 7.04. The van der Waals surface area contributed by atoms with Gasteiger partial charge < -0.3 is 24.3 Å². The zero-order valence-electron chi connectivity index (χ0n) is 18.1. The summed E-state index contributed by atoms with van der Waals surface area (Å²) in [5, 5.41) is 13.5. The standard InChI is InChI=1S/C24H18N2O8/c1-31-21-12-18-19(23(27)25-20(18)13-22(21)32-2)11-14-3-7-16(8-4-14)33-24(28)34-17-9-5-15(6-10-17)26(29)30/h3-13H,1-2H3,(H,25,27)/b19-11+. The van der Waals surface area contributed by atoms with Crippen molar-refractivity contribution in [2.24, 2.45) is 0 Å². The van der Waals surface area contributed by atoms with Crippen LogP contribution in [-0.4, -0.2) is 31.2 Å². The quantitative estimate of drug-likeness (QED) is 0.184. The number of hydrogen-bond donors (Lipinski definition) is 1. The predicted molar refractivity (Wildman–Crippen MR) is 122 cm³/mol. The normalized spacial score (nSPS) is 13.1. The second kappa shape index (κ2) is 9.33. The molecule has 1 aliphatic heterocycles. The first-order valence-corrected chi connectivity index (χ1v) is 9.91. The molecule has 0 unspecified atom stereocenters. The van der Waals surface area contributed by atoms with Gasteiger partial charge in [-0.05, 0) is 42.0 Å². The minimum Gasteiger partial charge on any atom is -0.493 e. The molecule has 0 saturated heterocycles. The van der Waals surface area contributed by atoms with Gasteiger partial charge in [-0.3, -0.25) is 14.9 Å². The van der Waals surface area contributed by atoms with Crippen LogP contribution in [0.4, 0.5) is 16.2 Å². The number of benzene rings is 3. The average molecular weight is 462 g/mol. The maximum absolute atomic E-state index is 12.5. The van der Waals surface area contributed by atoms with Gasteiger partial charge in [0.05, 0.1) is 24.8 Å². The first-order chi connectivity index (χ1) is 16.4. The second-order valence-corrected chi connectivity index (χ2v) is 7.04. The van der Waals surface area contributed by atoms with Crippen molar-refractivity contribution in [3.63, 3.8) is 0 Å². The lowest BCUT2D eigenvalue weighted by Crippen LogP contribution is -2.13. The molecule has 3 aromatic rings. The zero-order chi connectivity index (χ0) is 24.2. The Labute approximate surface area is 193 Å². The molecule has 10 heteroatoms. The van der Waals surface area contributed by atoms with Gasteiger partial charge in [0.1, 0.15) is 11.5 Å². The fraction of sp³-hybridized carbons (Fsp3) is 0.0833. The smallest absolute Gasteiger partial charge is 0.493 e. The molecule has 10 nitrogen and oxygen atoms in total. The highest BCUT2D eigenvalue weighted by Gasteiger charge is 2.26. The number of rotatable bonds is 6. The highest BCUT2D eigenvalue weighted by Crippen LogP contribution is 2.41. The number of hydrogen-bond acceptors (Lipinski definition) is 8. The van der Waals surface area contributed by atoms with Crippen molar-refractivity contribution >= 4 is 35.1 Å². The van der Waals surface area contributed by atoms with Gasteiger partial charge in [-0.15, -0.1) is 0 Å². The molecule has 0 radical (unpaired) electrons. The van der Waals surface area contributed by atoms with Crippen LogP contribution in [0.5, 0.6) is 23.0 Å². The third-order valence-corrected chi connectivity index (χ3v) is 4.95. The predicted octanol–water partition coefficient (Wildman–Crippen LogP) is 4.68. The molecule has 0 aromatic heterocycles. The van der Waals surface area contributed by atoms with E-state index in [1.807, 2.05) is 0 Å². The molecular weight excluding hydrogens is 444 g/mol. The number of nitrogens with one attached hydrogen (secondary N) is 1. The molecule has 1 heterocycles. The average Bonchev–Trinajstić information content (AvgIpc) is 3.13. The SMILES string of the molecule is COc1cc2c(cc1OC)/C(=C\c1ccc(OC(=O)Oc3ccc([N+](=O)[O-])cc3)cc1)C(=O)N2. The lowest BCUT2D eigenvalue weighted by Gasteiger charge is -2.09. The Morgan fingerprint density at radius 3 is 2.03 bits per heavy atom. The Kier molecular flexibility index (Phi) is 6.13. The fourth-order valence-electron chi connectivity index (χ4n) is 3.31. The molecule has 1 amide bonds. The van der Waals surface area contributed by atoms with Crippen LogP contribution < -0.4 is 24.3 Å².